The van der Waals surface area contributed by atoms with E-state index in [-0.39, 0.29) is 5.75 Å². The first-order valence-electron chi connectivity index (χ1n) is 6.23. The van der Waals surface area contributed by atoms with Crippen molar-refractivity contribution in [1.29, 1.82) is 0 Å². The van der Waals surface area contributed by atoms with Gasteiger partial charge < -0.3 is 9.84 Å². The molecule has 0 radical (unpaired) electrons. The minimum atomic E-state index is 0.0729. The number of thiophene rings is 1. The summed E-state index contributed by atoms with van der Waals surface area (Å²) in [4.78, 5) is 8.41. The number of phenols is 1. The Bertz CT molecular complexity index is 850. The van der Waals surface area contributed by atoms with E-state index in [1.807, 2.05) is 6.07 Å². The number of phenolic OH excluding ortho intramolecular Hbond substituents is 1. The maximum Gasteiger partial charge on any atom is 0.167 e. The van der Waals surface area contributed by atoms with Gasteiger partial charge in [-0.3, -0.25) is 5.43 Å². The summed E-state index contributed by atoms with van der Waals surface area (Å²) in [5.74, 6) is 1.16. The molecule has 0 bridgehead atoms. The predicted molar refractivity (Wildman–Crippen MR) is 96.0 cm³/mol. The second-order valence-corrected chi connectivity index (χ2v) is 7.23. The average molecular weight is 426 g/mol. The number of aromatic nitrogens is 2. The molecule has 0 aliphatic rings. The number of methoxy groups -OCH3 is 1. The minimum absolute atomic E-state index is 0.0729. The number of nitrogens with one attached hydrogen (secondary N) is 1. The summed E-state index contributed by atoms with van der Waals surface area (Å²) in [6.45, 7) is 0. The van der Waals surface area contributed by atoms with Gasteiger partial charge in [-0.15, -0.1) is 11.3 Å². The van der Waals surface area contributed by atoms with Crippen molar-refractivity contribution in [1.82, 2.24) is 9.97 Å². The van der Waals surface area contributed by atoms with Gasteiger partial charge in [-0.1, -0.05) is 0 Å². The fraction of sp³-hybridized carbons (Fsp3) is 0.0714. The van der Waals surface area contributed by atoms with E-state index >= 15 is 0 Å². The summed E-state index contributed by atoms with van der Waals surface area (Å²) in [7, 11) is 1.51. The van der Waals surface area contributed by atoms with E-state index in [0.29, 0.717) is 11.6 Å². The standard InChI is InChI=1S/C14H11IN4O2S/c1-21-11-3-2-8(4-10(11)20)6-18-19-14-13-9(16-7-17-14)5-12(15)22-13/h2-7,20H,1H3,(H,16,17,19)/b18-6+. The fourth-order valence-corrected chi connectivity index (χ4v) is 3.59. The van der Waals surface area contributed by atoms with Crippen LogP contribution in [0.3, 0.4) is 0 Å². The van der Waals surface area contributed by atoms with E-state index in [1.165, 1.54) is 13.4 Å². The Morgan fingerprint density at radius 1 is 1.36 bits per heavy atom. The van der Waals surface area contributed by atoms with Crippen molar-refractivity contribution in [3.05, 3.63) is 39.0 Å². The molecule has 0 saturated heterocycles. The normalized spacial score (nSPS) is 11.2. The highest BCUT2D eigenvalue weighted by molar-refractivity contribution is 14.1. The lowest BCUT2D eigenvalue weighted by Gasteiger charge is -2.03. The first kappa shape index (κ1) is 15.0. The van der Waals surface area contributed by atoms with E-state index < -0.39 is 0 Å². The van der Waals surface area contributed by atoms with Gasteiger partial charge in [-0.2, -0.15) is 5.10 Å². The molecule has 22 heavy (non-hydrogen) atoms. The van der Waals surface area contributed by atoms with Crippen LogP contribution in [0.2, 0.25) is 0 Å². The van der Waals surface area contributed by atoms with E-state index in [9.17, 15) is 5.11 Å². The monoisotopic (exact) mass is 426 g/mol. The van der Waals surface area contributed by atoms with Crippen molar-refractivity contribution < 1.29 is 9.84 Å². The van der Waals surface area contributed by atoms with E-state index in [2.05, 4.69) is 43.1 Å². The molecule has 0 saturated carbocycles. The molecule has 0 unspecified atom stereocenters. The maximum absolute atomic E-state index is 9.72. The van der Waals surface area contributed by atoms with Crippen molar-refractivity contribution in [2.45, 2.75) is 0 Å². The molecule has 3 aromatic rings. The van der Waals surface area contributed by atoms with Crippen molar-refractivity contribution in [3.8, 4) is 11.5 Å². The van der Waals surface area contributed by atoms with Crippen LogP contribution in [0, 0.1) is 2.88 Å². The first-order valence-corrected chi connectivity index (χ1v) is 8.13. The molecule has 2 N–H and O–H groups in total. The summed E-state index contributed by atoms with van der Waals surface area (Å²) >= 11 is 3.85. The molecule has 2 heterocycles. The fourth-order valence-electron chi connectivity index (χ4n) is 1.86. The second-order valence-electron chi connectivity index (χ2n) is 4.29. The Morgan fingerprint density at radius 3 is 3.00 bits per heavy atom. The molecule has 0 aliphatic heterocycles. The number of fused-ring (bicyclic) bond motifs is 1. The molecular formula is C14H11IN4O2S. The van der Waals surface area contributed by atoms with Crippen LogP contribution in [0.4, 0.5) is 5.82 Å². The highest BCUT2D eigenvalue weighted by Crippen LogP contribution is 2.30. The van der Waals surface area contributed by atoms with Crippen LogP contribution in [-0.2, 0) is 0 Å². The maximum atomic E-state index is 9.72. The molecule has 2 aromatic heterocycles. The first-order chi connectivity index (χ1) is 10.7. The molecule has 1 aromatic carbocycles. The van der Waals surface area contributed by atoms with Crippen molar-refractivity contribution >= 4 is 56.2 Å². The van der Waals surface area contributed by atoms with Crippen LogP contribution < -0.4 is 10.2 Å². The van der Waals surface area contributed by atoms with E-state index in [4.69, 9.17) is 4.74 Å². The molecular weight excluding hydrogens is 415 g/mol. The number of hydrazone groups is 1. The zero-order chi connectivity index (χ0) is 15.5. The molecule has 0 aliphatic carbocycles. The number of halogens is 1. The van der Waals surface area contributed by atoms with E-state index in [1.54, 1.807) is 35.8 Å². The average Bonchev–Trinajstić information content (AvgIpc) is 2.88. The molecule has 0 atom stereocenters. The van der Waals surface area contributed by atoms with Crippen LogP contribution >= 0.6 is 33.9 Å². The van der Waals surface area contributed by atoms with Gasteiger partial charge in [-0.25, -0.2) is 9.97 Å². The Morgan fingerprint density at radius 2 is 2.23 bits per heavy atom. The number of rotatable bonds is 4. The third-order valence-electron chi connectivity index (χ3n) is 2.87. The SMILES string of the molecule is COc1ccc(/C=N/Nc2ncnc3cc(I)sc23)cc1O. The summed E-state index contributed by atoms with van der Waals surface area (Å²) in [5.41, 5.74) is 4.55. The summed E-state index contributed by atoms with van der Waals surface area (Å²) in [5, 5.41) is 13.9. The highest BCUT2D eigenvalue weighted by atomic mass is 127. The van der Waals surface area contributed by atoms with Crippen LogP contribution in [-0.4, -0.2) is 28.4 Å². The quantitative estimate of drug-likeness (QED) is 0.380. The highest BCUT2D eigenvalue weighted by Gasteiger charge is 2.06. The molecule has 0 fully saturated rings. The van der Waals surface area contributed by atoms with Gasteiger partial charge >= 0.3 is 0 Å². The smallest absolute Gasteiger partial charge is 0.167 e. The second kappa shape index (κ2) is 6.44. The van der Waals surface area contributed by atoms with Gasteiger partial charge in [0.25, 0.3) is 0 Å². The van der Waals surface area contributed by atoms with Crippen molar-refractivity contribution in [2.24, 2.45) is 5.10 Å². The molecule has 8 heteroatoms. The lowest BCUT2D eigenvalue weighted by atomic mass is 10.2. The molecule has 6 nitrogen and oxygen atoms in total. The predicted octanol–water partition coefficient (Wildman–Crippen LogP) is 3.46. The number of hydrogen-bond donors (Lipinski definition) is 2. The Labute approximate surface area is 144 Å². The van der Waals surface area contributed by atoms with Gasteiger partial charge in [-0.05, 0) is 52.4 Å². The molecule has 0 spiro atoms. The number of hydrogen-bond acceptors (Lipinski definition) is 7. The summed E-state index contributed by atoms with van der Waals surface area (Å²) in [6.07, 6.45) is 3.11. The van der Waals surface area contributed by atoms with Crippen LogP contribution in [0.5, 0.6) is 11.5 Å². The Kier molecular flexibility index (Phi) is 4.39. The van der Waals surface area contributed by atoms with Crippen LogP contribution in [0.15, 0.2) is 35.7 Å². The van der Waals surface area contributed by atoms with Crippen molar-refractivity contribution in [2.75, 3.05) is 12.5 Å². The lowest BCUT2D eigenvalue weighted by Crippen LogP contribution is -1.94. The topological polar surface area (TPSA) is 79.6 Å². The van der Waals surface area contributed by atoms with Crippen LogP contribution in [0.25, 0.3) is 10.2 Å². The third kappa shape index (κ3) is 3.12. The van der Waals surface area contributed by atoms with Gasteiger partial charge in [0, 0.05) is 0 Å². The third-order valence-corrected chi connectivity index (χ3v) is 4.76. The van der Waals surface area contributed by atoms with Gasteiger partial charge in [0.2, 0.25) is 0 Å². The van der Waals surface area contributed by atoms with Crippen LogP contribution in [0.1, 0.15) is 5.56 Å². The van der Waals surface area contributed by atoms with E-state index in [0.717, 1.165) is 18.7 Å². The summed E-state index contributed by atoms with van der Waals surface area (Å²) in [6, 6.07) is 7.06. The van der Waals surface area contributed by atoms with Gasteiger partial charge in [0.15, 0.2) is 17.3 Å². The number of anilines is 1. The Hall–Kier alpha value is -1.94. The number of nitrogens with zero attached hydrogens (tertiary/aromatic N) is 3. The number of ether oxygens (including phenoxy) is 1. The zero-order valence-corrected chi connectivity index (χ0v) is 14.4. The Balaban J connectivity index is 1.80. The van der Waals surface area contributed by atoms with Gasteiger partial charge in [0.05, 0.1) is 26.4 Å². The number of benzene rings is 1. The summed E-state index contributed by atoms with van der Waals surface area (Å²) < 4.78 is 7.10. The largest absolute Gasteiger partial charge is 0.504 e. The number of aromatic hydroxyl groups is 1. The van der Waals surface area contributed by atoms with Crippen molar-refractivity contribution in [3.63, 3.8) is 0 Å². The minimum Gasteiger partial charge on any atom is -0.504 e. The van der Waals surface area contributed by atoms with Gasteiger partial charge in [0.1, 0.15) is 6.33 Å². The zero-order valence-electron chi connectivity index (χ0n) is 11.4. The molecule has 0 amide bonds. The lowest BCUT2D eigenvalue weighted by molar-refractivity contribution is 0.373. The molecule has 112 valence electrons. The molecule has 3 rings (SSSR count).